The zero-order chi connectivity index (χ0) is 13.0. The highest BCUT2D eigenvalue weighted by atomic mass is 16.1. The molecule has 3 nitrogen and oxygen atoms in total. The van der Waals surface area contributed by atoms with Crippen molar-refractivity contribution in [1.82, 2.24) is 0 Å². The summed E-state index contributed by atoms with van der Waals surface area (Å²) in [5.74, 6) is 0.367. The Morgan fingerprint density at radius 3 is 2.72 bits per heavy atom. The molecule has 1 aromatic rings. The van der Waals surface area contributed by atoms with Gasteiger partial charge in [-0.2, -0.15) is 0 Å². The van der Waals surface area contributed by atoms with Gasteiger partial charge in [0.05, 0.1) is 0 Å². The van der Waals surface area contributed by atoms with Gasteiger partial charge < -0.3 is 11.1 Å². The molecule has 1 aliphatic carbocycles. The maximum absolute atomic E-state index is 12.2. The van der Waals surface area contributed by atoms with Gasteiger partial charge in [-0.05, 0) is 37.0 Å². The number of carbonyl (C=O) groups is 1. The molecule has 0 atom stereocenters. The SMILES string of the molecule is Cc1ccc(CN)cc1NC(=O)C1CCCCC1. The lowest BCUT2D eigenvalue weighted by Gasteiger charge is -2.21. The lowest BCUT2D eigenvalue weighted by atomic mass is 9.88. The fourth-order valence-corrected chi connectivity index (χ4v) is 2.53. The number of nitrogens with two attached hydrogens (primary N) is 1. The molecule has 0 unspecified atom stereocenters. The first-order valence-corrected chi connectivity index (χ1v) is 6.81. The molecule has 1 aromatic carbocycles. The topological polar surface area (TPSA) is 55.1 Å². The van der Waals surface area contributed by atoms with E-state index in [9.17, 15) is 4.79 Å². The van der Waals surface area contributed by atoms with Crippen LogP contribution in [0.3, 0.4) is 0 Å². The van der Waals surface area contributed by atoms with Crippen LogP contribution in [0, 0.1) is 12.8 Å². The molecule has 18 heavy (non-hydrogen) atoms. The molecule has 1 aliphatic rings. The van der Waals surface area contributed by atoms with Crippen molar-refractivity contribution in [2.24, 2.45) is 11.7 Å². The van der Waals surface area contributed by atoms with Crippen LogP contribution in [0.15, 0.2) is 18.2 Å². The van der Waals surface area contributed by atoms with Crippen molar-refractivity contribution in [3.8, 4) is 0 Å². The minimum atomic E-state index is 0.173. The minimum Gasteiger partial charge on any atom is -0.326 e. The van der Waals surface area contributed by atoms with E-state index in [0.29, 0.717) is 6.54 Å². The number of hydrogen-bond acceptors (Lipinski definition) is 2. The van der Waals surface area contributed by atoms with Gasteiger partial charge in [0.15, 0.2) is 0 Å². The summed E-state index contributed by atoms with van der Waals surface area (Å²) in [6, 6.07) is 6.00. The Kier molecular flexibility index (Phi) is 4.37. The third-order valence-corrected chi connectivity index (χ3v) is 3.77. The van der Waals surface area contributed by atoms with Crippen LogP contribution in [-0.2, 0) is 11.3 Å². The van der Waals surface area contributed by atoms with E-state index in [1.807, 2.05) is 25.1 Å². The smallest absolute Gasteiger partial charge is 0.227 e. The van der Waals surface area contributed by atoms with E-state index in [2.05, 4.69) is 5.32 Å². The molecule has 1 amide bonds. The van der Waals surface area contributed by atoms with Gasteiger partial charge in [0.2, 0.25) is 5.91 Å². The Morgan fingerprint density at radius 2 is 2.06 bits per heavy atom. The van der Waals surface area contributed by atoms with E-state index in [0.717, 1.165) is 29.7 Å². The summed E-state index contributed by atoms with van der Waals surface area (Å²) in [5.41, 5.74) is 8.69. The first-order chi connectivity index (χ1) is 8.70. The van der Waals surface area contributed by atoms with Crippen molar-refractivity contribution in [2.75, 3.05) is 5.32 Å². The molecule has 3 heteroatoms. The molecule has 0 heterocycles. The highest BCUT2D eigenvalue weighted by Crippen LogP contribution is 2.26. The average molecular weight is 246 g/mol. The number of rotatable bonds is 3. The van der Waals surface area contributed by atoms with E-state index < -0.39 is 0 Å². The summed E-state index contributed by atoms with van der Waals surface area (Å²) in [6.07, 6.45) is 5.69. The summed E-state index contributed by atoms with van der Waals surface area (Å²) in [4.78, 5) is 12.2. The number of anilines is 1. The van der Waals surface area contributed by atoms with Gasteiger partial charge in [0, 0.05) is 18.2 Å². The molecule has 0 saturated heterocycles. The number of nitrogens with one attached hydrogen (secondary N) is 1. The minimum absolute atomic E-state index is 0.173. The first kappa shape index (κ1) is 13.1. The van der Waals surface area contributed by atoms with Gasteiger partial charge in [0.25, 0.3) is 0 Å². The van der Waals surface area contributed by atoms with Crippen molar-refractivity contribution in [1.29, 1.82) is 0 Å². The van der Waals surface area contributed by atoms with Crippen LogP contribution >= 0.6 is 0 Å². The first-order valence-electron chi connectivity index (χ1n) is 6.81. The molecule has 1 fully saturated rings. The number of carbonyl (C=O) groups excluding carboxylic acids is 1. The van der Waals surface area contributed by atoms with E-state index in [1.54, 1.807) is 0 Å². The second kappa shape index (κ2) is 6.01. The molecule has 0 spiro atoms. The lowest BCUT2D eigenvalue weighted by molar-refractivity contribution is -0.120. The van der Waals surface area contributed by atoms with Crippen molar-refractivity contribution >= 4 is 11.6 Å². The van der Waals surface area contributed by atoms with Crippen molar-refractivity contribution in [3.05, 3.63) is 29.3 Å². The predicted octanol–water partition coefficient (Wildman–Crippen LogP) is 2.97. The van der Waals surface area contributed by atoms with Crippen molar-refractivity contribution in [2.45, 2.75) is 45.6 Å². The maximum Gasteiger partial charge on any atom is 0.227 e. The Hall–Kier alpha value is -1.35. The summed E-state index contributed by atoms with van der Waals surface area (Å²) in [7, 11) is 0. The Bertz CT molecular complexity index is 423. The zero-order valence-electron chi connectivity index (χ0n) is 11.0. The highest BCUT2D eigenvalue weighted by Gasteiger charge is 2.21. The molecular formula is C15H22N2O. The van der Waals surface area contributed by atoms with Crippen LogP contribution in [0.2, 0.25) is 0 Å². The fraction of sp³-hybridized carbons (Fsp3) is 0.533. The second-order valence-corrected chi connectivity index (χ2v) is 5.18. The van der Waals surface area contributed by atoms with Crippen LogP contribution in [0.1, 0.15) is 43.2 Å². The van der Waals surface area contributed by atoms with Gasteiger partial charge in [0.1, 0.15) is 0 Å². The number of benzene rings is 1. The van der Waals surface area contributed by atoms with Crippen LogP contribution in [0.25, 0.3) is 0 Å². The third-order valence-electron chi connectivity index (χ3n) is 3.77. The van der Waals surface area contributed by atoms with Crippen molar-refractivity contribution in [3.63, 3.8) is 0 Å². The normalized spacial score (nSPS) is 16.6. The highest BCUT2D eigenvalue weighted by molar-refractivity contribution is 5.93. The summed E-state index contributed by atoms with van der Waals surface area (Å²) in [6.45, 7) is 2.52. The van der Waals surface area contributed by atoms with Crippen LogP contribution < -0.4 is 11.1 Å². The molecular weight excluding hydrogens is 224 g/mol. The second-order valence-electron chi connectivity index (χ2n) is 5.18. The summed E-state index contributed by atoms with van der Waals surface area (Å²) >= 11 is 0. The molecule has 98 valence electrons. The Balaban J connectivity index is 2.05. The van der Waals surface area contributed by atoms with Crippen LogP contribution in [0.5, 0.6) is 0 Å². The van der Waals surface area contributed by atoms with E-state index in [4.69, 9.17) is 5.73 Å². The molecule has 2 rings (SSSR count). The largest absolute Gasteiger partial charge is 0.326 e. The summed E-state index contributed by atoms with van der Waals surface area (Å²) in [5, 5.41) is 3.06. The lowest BCUT2D eigenvalue weighted by Crippen LogP contribution is -2.25. The van der Waals surface area contributed by atoms with Gasteiger partial charge in [-0.1, -0.05) is 31.4 Å². The maximum atomic E-state index is 12.2. The Morgan fingerprint density at radius 1 is 1.33 bits per heavy atom. The van der Waals surface area contributed by atoms with E-state index in [-0.39, 0.29) is 11.8 Å². The standard InChI is InChI=1S/C15H22N2O/c1-11-7-8-12(10-16)9-14(11)17-15(18)13-5-3-2-4-6-13/h7-9,13H,2-6,10,16H2,1H3,(H,17,18). The number of aryl methyl sites for hydroxylation is 1. The predicted molar refractivity (Wildman–Crippen MR) is 74.3 cm³/mol. The molecule has 1 saturated carbocycles. The molecule has 0 aromatic heterocycles. The molecule has 0 aliphatic heterocycles. The quantitative estimate of drug-likeness (QED) is 0.861. The van der Waals surface area contributed by atoms with Gasteiger partial charge in [-0.3, -0.25) is 4.79 Å². The molecule has 0 radical (unpaired) electrons. The van der Waals surface area contributed by atoms with E-state index >= 15 is 0 Å². The van der Waals surface area contributed by atoms with Crippen molar-refractivity contribution < 1.29 is 4.79 Å². The van der Waals surface area contributed by atoms with Gasteiger partial charge in [-0.25, -0.2) is 0 Å². The zero-order valence-corrected chi connectivity index (χ0v) is 11.0. The van der Waals surface area contributed by atoms with Crippen LogP contribution in [0.4, 0.5) is 5.69 Å². The number of amides is 1. The number of hydrogen-bond donors (Lipinski definition) is 2. The van der Waals surface area contributed by atoms with Crippen LogP contribution in [-0.4, -0.2) is 5.91 Å². The average Bonchev–Trinajstić information content (AvgIpc) is 2.42. The summed E-state index contributed by atoms with van der Waals surface area (Å²) < 4.78 is 0. The van der Waals surface area contributed by atoms with Gasteiger partial charge >= 0.3 is 0 Å². The Labute approximate surface area is 109 Å². The fourth-order valence-electron chi connectivity index (χ4n) is 2.53. The monoisotopic (exact) mass is 246 g/mol. The molecule has 3 N–H and O–H groups in total. The third kappa shape index (κ3) is 3.10. The molecule has 0 bridgehead atoms. The van der Waals surface area contributed by atoms with Gasteiger partial charge in [-0.15, -0.1) is 0 Å². The van der Waals surface area contributed by atoms with E-state index in [1.165, 1.54) is 19.3 Å².